The highest BCUT2D eigenvalue weighted by Gasteiger charge is 2.29. The summed E-state index contributed by atoms with van der Waals surface area (Å²) < 4.78 is 5.77. The van der Waals surface area contributed by atoms with Crippen LogP contribution in [0.5, 0.6) is 5.88 Å². The van der Waals surface area contributed by atoms with Gasteiger partial charge in [0.2, 0.25) is 5.88 Å². The Morgan fingerprint density at radius 2 is 2.04 bits per heavy atom. The summed E-state index contributed by atoms with van der Waals surface area (Å²) in [6.45, 7) is 13.8. The Hall–Kier alpha value is -1.49. The van der Waals surface area contributed by atoms with E-state index in [1.165, 1.54) is 19.4 Å². The minimum atomic E-state index is 0. The van der Waals surface area contributed by atoms with Crippen molar-refractivity contribution >= 4 is 6.29 Å². The van der Waals surface area contributed by atoms with E-state index in [1.807, 2.05) is 13.8 Å². The molecule has 5 heteroatoms. The Bertz CT molecular complexity index is 463. The molecule has 5 nitrogen and oxygen atoms in total. The van der Waals surface area contributed by atoms with Crippen LogP contribution in [0.1, 0.15) is 60.1 Å². The van der Waals surface area contributed by atoms with E-state index in [-0.39, 0.29) is 7.43 Å². The molecule has 0 saturated carbocycles. The first kappa shape index (κ1) is 23.5. The first-order valence-corrected chi connectivity index (χ1v) is 9.05. The van der Waals surface area contributed by atoms with Gasteiger partial charge in [-0.25, -0.2) is 4.98 Å². The van der Waals surface area contributed by atoms with E-state index < -0.39 is 0 Å². The number of hydrogen-bond acceptors (Lipinski definition) is 5. The molecule has 2 unspecified atom stereocenters. The Labute approximate surface area is 154 Å². The molecule has 0 N–H and O–H groups in total. The van der Waals surface area contributed by atoms with E-state index in [9.17, 15) is 4.79 Å². The smallest absolute Gasteiger partial charge is 0.232 e. The van der Waals surface area contributed by atoms with Crippen molar-refractivity contribution in [2.45, 2.75) is 67.3 Å². The number of rotatable bonds is 7. The molecule has 1 aromatic heterocycles. The van der Waals surface area contributed by atoms with Gasteiger partial charge in [0.15, 0.2) is 0 Å². The Balaban J connectivity index is 0.00000104. The van der Waals surface area contributed by atoms with Crippen LogP contribution in [0.2, 0.25) is 0 Å². The lowest BCUT2D eigenvalue weighted by Crippen LogP contribution is -2.29. The molecule has 1 aliphatic rings. The van der Waals surface area contributed by atoms with Crippen LogP contribution in [-0.2, 0) is 4.79 Å². The van der Waals surface area contributed by atoms with Crippen LogP contribution in [0.25, 0.3) is 0 Å². The molecule has 25 heavy (non-hydrogen) atoms. The molecule has 2 heterocycles. The predicted octanol–water partition coefficient (Wildman–Crippen LogP) is 4.15. The van der Waals surface area contributed by atoms with Crippen LogP contribution >= 0.6 is 0 Å². The van der Waals surface area contributed by atoms with Crippen molar-refractivity contribution in [2.24, 2.45) is 11.8 Å². The molecule has 0 amide bonds. The molecule has 0 bridgehead atoms. The van der Waals surface area contributed by atoms with Gasteiger partial charge in [0.25, 0.3) is 0 Å². The molecule has 2 atom stereocenters. The number of carbonyl (C=O) groups excluding carboxylic acids is 1. The number of ether oxygens (including phenoxy) is 1. The highest BCUT2D eigenvalue weighted by molar-refractivity contribution is 5.48. The number of nitrogens with zero attached hydrogens (tertiary/aromatic N) is 3. The van der Waals surface area contributed by atoms with Crippen molar-refractivity contribution in [1.29, 1.82) is 0 Å². The number of aldehydes is 1. The number of likely N-dealkylation sites (tertiary alicyclic amines) is 1. The molecule has 0 aromatic carbocycles. The average molecular weight is 352 g/mol. The van der Waals surface area contributed by atoms with Gasteiger partial charge >= 0.3 is 0 Å². The molecule has 1 aromatic rings. The van der Waals surface area contributed by atoms with Crippen molar-refractivity contribution in [3.8, 4) is 5.88 Å². The molecular weight excluding hydrogens is 314 g/mol. The summed E-state index contributed by atoms with van der Waals surface area (Å²) in [5.74, 6) is 2.03. The van der Waals surface area contributed by atoms with E-state index in [1.54, 1.807) is 12.4 Å². The van der Waals surface area contributed by atoms with Crippen LogP contribution < -0.4 is 4.74 Å². The van der Waals surface area contributed by atoms with Gasteiger partial charge in [-0.1, -0.05) is 28.2 Å². The topological polar surface area (TPSA) is 55.3 Å². The van der Waals surface area contributed by atoms with Gasteiger partial charge in [0.1, 0.15) is 6.29 Å². The van der Waals surface area contributed by atoms with Crippen LogP contribution in [0, 0.1) is 18.8 Å². The quantitative estimate of drug-likeness (QED) is 0.691. The molecule has 1 aliphatic heterocycles. The minimum Gasteiger partial charge on any atom is -0.476 e. The molecule has 0 radical (unpaired) electrons. The molecule has 2 rings (SSSR count). The lowest BCUT2D eigenvalue weighted by molar-refractivity contribution is -0.107. The molecule has 0 spiro atoms. The maximum atomic E-state index is 9.17. The zero-order valence-electron chi connectivity index (χ0n) is 15.9. The SMILES string of the molecule is C.CCC=O.Cc1cnc(OCC2CC(C)N(CCC(C)C)C2)cn1. The summed E-state index contributed by atoms with van der Waals surface area (Å²) in [4.78, 5) is 20.2. The third-order valence-corrected chi connectivity index (χ3v) is 4.17. The summed E-state index contributed by atoms with van der Waals surface area (Å²) in [6.07, 6.45) is 7.48. The van der Waals surface area contributed by atoms with Crippen molar-refractivity contribution in [3.63, 3.8) is 0 Å². The summed E-state index contributed by atoms with van der Waals surface area (Å²) in [5.41, 5.74) is 0.923. The second-order valence-electron chi connectivity index (χ2n) is 7.01. The van der Waals surface area contributed by atoms with Gasteiger partial charge in [-0.05, 0) is 39.2 Å². The molecule has 1 fully saturated rings. The second kappa shape index (κ2) is 12.8. The summed E-state index contributed by atoms with van der Waals surface area (Å²) in [5, 5.41) is 0. The van der Waals surface area contributed by atoms with Gasteiger partial charge in [-0.15, -0.1) is 0 Å². The standard InChI is InChI=1S/C16H27N3O.C3H6O.CH4/c1-12(2)5-6-19-10-15(7-14(19)4)11-20-16-9-17-13(3)8-18-16;1-2-3-4;/h8-9,12,14-15H,5-7,10-11H2,1-4H3;3H,2H2,1H3;1H4. The average Bonchev–Trinajstić information content (AvgIpc) is 2.92. The lowest BCUT2D eigenvalue weighted by atomic mass is 10.1. The van der Waals surface area contributed by atoms with E-state index in [0.29, 0.717) is 24.3 Å². The fraction of sp³-hybridized carbons (Fsp3) is 0.750. The molecular formula is C20H37N3O2. The summed E-state index contributed by atoms with van der Waals surface area (Å²) in [6, 6.07) is 0.673. The highest BCUT2D eigenvalue weighted by atomic mass is 16.5. The predicted molar refractivity (Wildman–Crippen MR) is 104 cm³/mol. The summed E-state index contributed by atoms with van der Waals surface area (Å²) >= 11 is 0. The van der Waals surface area contributed by atoms with Gasteiger partial charge in [-0.2, -0.15) is 0 Å². The van der Waals surface area contributed by atoms with Crippen molar-refractivity contribution in [1.82, 2.24) is 14.9 Å². The van der Waals surface area contributed by atoms with E-state index >= 15 is 0 Å². The fourth-order valence-electron chi connectivity index (χ4n) is 2.73. The van der Waals surface area contributed by atoms with Gasteiger partial charge in [0.05, 0.1) is 24.7 Å². The first-order valence-electron chi connectivity index (χ1n) is 9.05. The van der Waals surface area contributed by atoms with Crippen molar-refractivity contribution in [2.75, 3.05) is 19.7 Å². The minimum absolute atomic E-state index is 0. The van der Waals surface area contributed by atoms with E-state index in [2.05, 4.69) is 35.6 Å². The number of aryl methyl sites for hydroxylation is 1. The van der Waals surface area contributed by atoms with Gasteiger partial charge in [0, 0.05) is 24.9 Å². The zero-order valence-corrected chi connectivity index (χ0v) is 15.9. The lowest BCUT2D eigenvalue weighted by Gasteiger charge is -2.21. The monoisotopic (exact) mass is 351 g/mol. The third kappa shape index (κ3) is 9.54. The zero-order chi connectivity index (χ0) is 17.9. The maximum Gasteiger partial charge on any atom is 0.232 e. The van der Waals surface area contributed by atoms with Crippen LogP contribution in [0.4, 0.5) is 0 Å². The van der Waals surface area contributed by atoms with Crippen LogP contribution in [0.15, 0.2) is 12.4 Å². The van der Waals surface area contributed by atoms with E-state index in [4.69, 9.17) is 4.74 Å². The van der Waals surface area contributed by atoms with Gasteiger partial charge in [-0.3, -0.25) is 4.98 Å². The van der Waals surface area contributed by atoms with Gasteiger partial charge < -0.3 is 14.4 Å². The number of carbonyl (C=O) groups is 1. The van der Waals surface area contributed by atoms with E-state index in [0.717, 1.165) is 31.0 Å². The maximum absolute atomic E-state index is 9.17. The summed E-state index contributed by atoms with van der Waals surface area (Å²) in [7, 11) is 0. The molecule has 144 valence electrons. The molecule has 0 aliphatic carbocycles. The molecule has 1 saturated heterocycles. The Morgan fingerprint density at radius 1 is 1.36 bits per heavy atom. The van der Waals surface area contributed by atoms with Crippen molar-refractivity contribution in [3.05, 3.63) is 18.1 Å². The third-order valence-electron chi connectivity index (χ3n) is 4.17. The number of hydrogen-bond donors (Lipinski definition) is 0. The second-order valence-corrected chi connectivity index (χ2v) is 7.01. The highest BCUT2D eigenvalue weighted by Crippen LogP contribution is 2.24. The van der Waals surface area contributed by atoms with Crippen molar-refractivity contribution < 1.29 is 9.53 Å². The largest absolute Gasteiger partial charge is 0.476 e. The van der Waals surface area contributed by atoms with Crippen LogP contribution in [-0.4, -0.2) is 46.9 Å². The fourth-order valence-corrected chi connectivity index (χ4v) is 2.73. The Kier molecular flexibility index (Phi) is 12.0. The van der Waals surface area contributed by atoms with Crippen LogP contribution in [0.3, 0.4) is 0 Å². The first-order chi connectivity index (χ1) is 11.5. The number of aromatic nitrogens is 2. The Morgan fingerprint density at radius 3 is 2.56 bits per heavy atom. The normalized spacial score (nSPS) is 19.8.